The van der Waals surface area contributed by atoms with E-state index in [1.165, 1.54) is 0 Å². The van der Waals surface area contributed by atoms with E-state index in [2.05, 4.69) is 21.8 Å². The van der Waals surface area contributed by atoms with Crippen LogP contribution in [0, 0.1) is 0 Å². The van der Waals surface area contributed by atoms with Gasteiger partial charge in [0.05, 0.1) is 19.3 Å². The Morgan fingerprint density at radius 3 is 2.71 bits per heavy atom. The molecule has 9 heteroatoms. The lowest BCUT2D eigenvalue weighted by Crippen LogP contribution is -2.51. The maximum atomic E-state index is 12.2. The average molecular weight is 413 g/mol. The molecular formula is C19H29ClN4O4. The summed E-state index contributed by atoms with van der Waals surface area (Å²) >= 11 is 6.19. The first-order valence-corrected chi connectivity index (χ1v) is 10.0. The highest BCUT2D eigenvalue weighted by atomic mass is 35.5. The van der Waals surface area contributed by atoms with E-state index < -0.39 is 5.60 Å². The van der Waals surface area contributed by atoms with Gasteiger partial charge in [-0.2, -0.15) is 4.98 Å². The van der Waals surface area contributed by atoms with Gasteiger partial charge in [0.1, 0.15) is 16.9 Å². The van der Waals surface area contributed by atoms with Gasteiger partial charge >= 0.3 is 6.09 Å². The standard InChI is InChI=1S/C19H29ClN4O4/c1-12-11-26-7-6-24(12)17-21-15(20)10-16(22-17)27-14-8-13(9-14)23(5)18(25)28-19(2,3)4/h10,12-14H,6-9,11H2,1-5H3/t12-,13?,14?/m0/s1. The molecule has 0 aromatic carbocycles. The number of hydrogen-bond acceptors (Lipinski definition) is 7. The van der Waals surface area contributed by atoms with E-state index in [0.29, 0.717) is 36.7 Å². The second-order valence-electron chi connectivity index (χ2n) is 8.40. The molecule has 28 heavy (non-hydrogen) atoms. The quantitative estimate of drug-likeness (QED) is 0.703. The predicted octanol–water partition coefficient (Wildman–Crippen LogP) is 3.13. The van der Waals surface area contributed by atoms with Gasteiger partial charge in [0.2, 0.25) is 11.8 Å². The molecule has 1 amide bonds. The van der Waals surface area contributed by atoms with Crippen molar-refractivity contribution in [2.75, 3.05) is 31.7 Å². The van der Waals surface area contributed by atoms with Crippen molar-refractivity contribution in [3.8, 4) is 5.88 Å². The second kappa shape index (κ2) is 8.29. The highest BCUT2D eigenvalue weighted by Crippen LogP contribution is 2.31. The van der Waals surface area contributed by atoms with Crippen LogP contribution in [-0.4, -0.2) is 71.6 Å². The zero-order chi connectivity index (χ0) is 20.5. The topological polar surface area (TPSA) is 77.0 Å². The Morgan fingerprint density at radius 2 is 2.07 bits per heavy atom. The lowest BCUT2D eigenvalue weighted by atomic mass is 9.88. The second-order valence-corrected chi connectivity index (χ2v) is 8.79. The predicted molar refractivity (Wildman–Crippen MR) is 106 cm³/mol. The van der Waals surface area contributed by atoms with Crippen LogP contribution < -0.4 is 9.64 Å². The van der Waals surface area contributed by atoms with Gasteiger partial charge in [0, 0.05) is 38.5 Å². The number of amides is 1. The molecule has 1 aromatic heterocycles. The van der Waals surface area contributed by atoms with Crippen LogP contribution in [0.5, 0.6) is 5.88 Å². The molecule has 8 nitrogen and oxygen atoms in total. The molecule has 1 atom stereocenters. The molecule has 2 aliphatic rings. The number of carbonyl (C=O) groups excluding carboxylic acids is 1. The van der Waals surface area contributed by atoms with Crippen LogP contribution >= 0.6 is 11.6 Å². The summed E-state index contributed by atoms with van der Waals surface area (Å²) in [6.45, 7) is 9.62. The van der Waals surface area contributed by atoms with Crippen molar-refractivity contribution in [3.63, 3.8) is 0 Å². The van der Waals surface area contributed by atoms with Gasteiger partial charge in [-0.05, 0) is 27.7 Å². The molecule has 0 unspecified atom stereocenters. The van der Waals surface area contributed by atoms with E-state index >= 15 is 0 Å². The number of carbonyl (C=O) groups is 1. The fourth-order valence-corrected chi connectivity index (χ4v) is 3.37. The Morgan fingerprint density at radius 1 is 1.36 bits per heavy atom. The van der Waals surface area contributed by atoms with Gasteiger partial charge in [-0.1, -0.05) is 11.6 Å². The largest absolute Gasteiger partial charge is 0.474 e. The minimum atomic E-state index is -0.504. The van der Waals surface area contributed by atoms with E-state index in [-0.39, 0.29) is 24.3 Å². The number of hydrogen-bond donors (Lipinski definition) is 0. The van der Waals surface area contributed by atoms with Gasteiger partial charge < -0.3 is 24.0 Å². The zero-order valence-electron chi connectivity index (χ0n) is 17.1. The Kier molecular flexibility index (Phi) is 6.19. The first-order valence-electron chi connectivity index (χ1n) is 9.64. The summed E-state index contributed by atoms with van der Waals surface area (Å²) in [6.07, 6.45) is 1.11. The van der Waals surface area contributed by atoms with Crippen LogP contribution in [0.25, 0.3) is 0 Å². The van der Waals surface area contributed by atoms with Crippen molar-refractivity contribution in [2.24, 2.45) is 0 Å². The molecule has 0 spiro atoms. The maximum absolute atomic E-state index is 12.2. The number of morpholine rings is 1. The third-order valence-corrected chi connectivity index (χ3v) is 5.06. The summed E-state index contributed by atoms with van der Waals surface area (Å²) in [6, 6.07) is 1.90. The smallest absolute Gasteiger partial charge is 0.410 e. The number of aromatic nitrogens is 2. The van der Waals surface area contributed by atoms with E-state index in [1.54, 1.807) is 18.0 Å². The molecule has 2 heterocycles. The van der Waals surface area contributed by atoms with Gasteiger partial charge in [-0.25, -0.2) is 9.78 Å². The molecule has 3 rings (SSSR count). The third-order valence-electron chi connectivity index (χ3n) is 4.87. The van der Waals surface area contributed by atoms with Crippen LogP contribution in [0.15, 0.2) is 6.07 Å². The number of halogens is 1. The van der Waals surface area contributed by atoms with Crippen molar-refractivity contribution in [1.82, 2.24) is 14.9 Å². The van der Waals surface area contributed by atoms with Gasteiger partial charge in [-0.15, -0.1) is 0 Å². The Bertz CT molecular complexity index is 706. The van der Waals surface area contributed by atoms with Crippen LogP contribution in [0.3, 0.4) is 0 Å². The molecule has 2 fully saturated rings. The Hall–Kier alpha value is -1.80. The van der Waals surface area contributed by atoms with Crippen molar-refractivity contribution in [1.29, 1.82) is 0 Å². The number of rotatable bonds is 4. The Labute approximate surface area is 171 Å². The number of nitrogens with zero attached hydrogens (tertiary/aromatic N) is 4. The average Bonchev–Trinajstić information content (AvgIpc) is 2.55. The molecule has 1 aliphatic heterocycles. The highest BCUT2D eigenvalue weighted by molar-refractivity contribution is 6.29. The molecule has 0 bridgehead atoms. The van der Waals surface area contributed by atoms with E-state index in [0.717, 1.165) is 12.8 Å². The van der Waals surface area contributed by atoms with E-state index in [9.17, 15) is 4.79 Å². The first kappa shape index (κ1) is 20.9. The summed E-state index contributed by atoms with van der Waals surface area (Å²) in [5.74, 6) is 1.01. The molecule has 156 valence electrons. The normalized spacial score (nSPS) is 25.1. The maximum Gasteiger partial charge on any atom is 0.410 e. The molecule has 1 saturated heterocycles. The minimum absolute atomic E-state index is 0.0178. The summed E-state index contributed by atoms with van der Waals surface area (Å²) in [4.78, 5) is 24.7. The third kappa shape index (κ3) is 5.17. The monoisotopic (exact) mass is 412 g/mol. The molecule has 1 saturated carbocycles. The summed E-state index contributed by atoms with van der Waals surface area (Å²) in [5.41, 5.74) is -0.504. The van der Waals surface area contributed by atoms with Gasteiger partial charge in [0.15, 0.2) is 0 Å². The summed E-state index contributed by atoms with van der Waals surface area (Å²) < 4.78 is 16.9. The summed E-state index contributed by atoms with van der Waals surface area (Å²) in [7, 11) is 1.76. The first-order chi connectivity index (χ1) is 13.1. The SMILES string of the molecule is C[C@H]1COCCN1c1nc(Cl)cc(OC2CC(N(C)C(=O)OC(C)(C)C)C2)n1. The van der Waals surface area contributed by atoms with Crippen LogP contribution in [-0.2, 0) is 9.47 Å². The fraction of sp³-hybridized carbons (Fsp3) is 0.737. The Balaban J connectivity index is 1.56. The number of ether oxygens (including phenoxy) is 3. The molecular weight excluding hydrogens is 384 g/mol. The molecule has 1 aromatic rings. The van der Waals surface area contributed by atoms with Gasteiger partial charge in [-0.3, -0.25) is 0 Å². The van der Waals surface area contributed by atoms with Crippen molar-refractivity contribution < 1.29 is 19.0 Å². The lowest BCUT2D eigenvalue weighted by molar-refractivity contribution is -0.00966. The van der Waals surface area contributed by atoms with Gasteiger partial charge in [0.25, 0.3) is 0 Å². The molecule has 0 radical (unpaired) electrons. The number of anilines is 1. The minimum Gasteiger partial charge on any atom is -0.474 e. The van der Waals surface area contributed by atoms with Crippen molar-refractivity contribution >= 4 is 23.6 Å². The van der Waals surface area contributed by atoms with Crippen molar-refractivity contribution in [3.05, 3.63) is 11.2 Å². The van der Waals surface area contributed by atoms with E-state index in [4.69, 9.17) is 25.8 Å². The summed E-state index contributed by atoms with van der Waals surface area (Å²) in [5, 5.41) is 0.348. The lowest BCUT2D eigenvalue weighted by Gasteiger charge is -2.41. The highest BCUT2D eigenvalue weighted by Gasteiger charge is 2.37. The van der Waals surface area contributed by atoms with Crippen LogP contribution in [0.4, 0.5) is 10.7 Å². The van der Waals surface area contributed by atoms with Crippen LogP contribution in [0.2, 0.25) is 5.15 Å². The fourth-order valence-electron chi connectivity index (χ4n) is 3.20. The van der Waals surface area contributed by atoms with Crippen molar-refractivity contribution in [2.45, 2.75) is 64.3 Å². The van der Waals surface area contributed by atoms with Crippen LogP contribution in [0.1, 0.15) is 40.5 Å². The zero-order valence-corrected chi connectivity index (χ0v) is 17.9. The molecule has 1 aliphatic carbocycles. The van der Waals surface area contributed by atoms with E-state index in [1.807, 2.05) is 20.8 Å². The molecule has 0 N–H and O–H groups in total.